The van der Waals surface area contributed by atoms with Gasteiger partial charge in [0.2, 0.25) is 0 Å². The molecule has 3 rings (SSSR count). The van der Waals surface area contributed by atoms with Crippen LogP contribution in [-0.4, -0.2) is 28.1 Å². The predicted octanol–water partition coefficient (Wildman–Crippen LogP) is 2.25. The van der Waals surface area contributed by atoms with Crippen molar-refractivity contribution < 1.29 is 0 Å². The molecule has 1 aliphatic rings. The van der Waals surface area contributed by atoms with Gasteiger partial charge in [0.05, 0.1) is 11.3 Å². The van der Waals surface area contributed by atoms with Crippen LogP contribution in [0.15, 0.2) is 18.5 Å². The summed E-state index contributed by atoms with van der Waals surface area (Å²) in [6, 6.07) is 4.16. The highest BCUT2D eigenvalue weighted by Gasteiger charge is 2.14. The van der Waals surface area contributed by atoms with E-state index in [2.05, 4.69) is 26.5 Å². The maximum absolute atomic E-state index is 9.19. The van der Waals surface area contributed by atoms with E-state index < -0.39 is 0 Å². The Labute approximate surface area is 105 Å². The van der Waals surface area contributed by atoms with Crippen LogP contribution >= 0.6 is 0 Å². The number of nitrogens with zero attached hydrogens (tertiary/aromatic N) is 3. The SMILES string of the molecule is N#Cc1cnc2[nH]ccc2c1NN1CCCCC1. The summed E-state index contributed by atoms with van der Waals surface area (Å²) in [4.78, 5) is 7.30. The standard InChI is InChI=1S/C13H15N5/c14-8-10-9-16-13-11(4-5-15-13)12(10)17-18-6-2-1-3-7-18/h4-5,9H,1-3,6-7H2,(H2,15,16,17). The second-order valence-electron chi connectivity index (χ2n) is 4.56. The van der Waals surface area contributed by atoms with E-state index in [-0.39, 0.29) is 0 Å². The van der Waals surface area contributed by atoms with Crippen molar-refractivity contribution in [2.24, 2.45) is 0 Å². The molecule has 1 fully saturated rings. The molecule has 0 atom stereocenters. The molecule has 0 aliphatic carbocycles. The molecule has 2 N–H and O–H groups in total. The molecule has 92 valence electrons. The van der Waals surface area contributed by atoms with Crippen LogP contribution in [0, 0.1) is 11.3 Å². The van der Waals surface area contributed by atoms with Crippen molar-refractivity contribution in [2.75, 3.05) is 18.5 Å². The summed E-state index contributed by atoms with van der Waals surface area (Å²) in [6.07, 6.45) is 7.16. The quantitative estimate of drug-likeness (QED) is 0.846. The number of aromatic amines is 1. The lowest BCUT2D eigenvalue weighted by atomic mass is 10.1. The zero-order valence-corrected chi connectivity index (χ0v) is 10.1. The number of hydrogen-bond donors (Lipinski definition) is 2. The molecular formula is C13H15N5. The zero-order chi connectivity index (χ0) is 12.4. The Kier molecular flexibility index (Phi) is 2.87. The molecule has 3 heterocycles. The Hall–Kier alpha value is -2.06. The lowest BCUT2D eigenvalue weighted by Gasteiger charge is -2.28. The van der Waals surface area contributed by atoms with Gasteiger partial charge in [-0.25, -0.2) is 9.99 Å². The first-order chi connectivity index (χ1) is 8.88. The predicted molar refractivity (Wildman–Crippen MR) is 69.9 cm³/mol. The summed E-state index contributed by atoms with van der Waals surface area (Å²) in [6.45, 7) is 2.05. The molecule has 0 bridgehead atoms. The molecule has 0 radical (unpaired) electrons. The van der Waals surface area contributed by atoms with Crippen LogP contribution in [0.1, 0.15) is 24.8 Å². The molecular weight excluding hydrogens is 226 g/mol. The van der Waals surface area contributed by atoms with E-state index in [1.165, 1.54) is 19.3 Å². The largest absolute Gasteiger partial charge is 0.346 e. The second kappa shape index (κ2) is 4.67. The first-order valence-electron chi connectivity index (χ1n) is 6.26. The van der Waals surface area contributed by atoms with Crippen molar-refractivity contribution in [3.63, 3.8) is 0 Å². The maximum atomic E-state index is 9.19. The fourth-order valence-electron chi connectivity index (χ4n) is 2.38. The van der Waals surface area contributed by atoms with E-state index in [9.17, 15) is 5.26 Å². The molecule has 0 spiro atoms. The van der Waals surface area contributed by atoms with Gasteiger partial charge in [-0.05, 0) is 18.9 Å². The van der Waals surface area contributed by atoms with Crippen LogP contribution in [0.5, 0.6) is 0 Å². The van der Waals surface area contributed by atoms with E-state index in [0.717, 1.165) is 29.8 Å². The van der Waals surface area contributed by atoms with Crippen molar-refractivity contribution in [1.29, 1.82) is 5.26 Å². The molecule has 5 nitrogen and oxygen atoms in total. The number of pyridine rings is 1. The summed E-state index contributed by atoms with van der Waals surface area (Å²) in [5.41, 5.74) is 5.65. The van der Waals surface area contributed by atoms with Gasteiger partial charge < -0.3 is 10.4 Å². The fourth-order valence-corrected chi connectivity index (χ4v) is 2.38. The molecule has 0 aromatic carbocycles. The third kappa shape index (κ3) is 1.91. The van der Waals surface area contributed by atoms with Crippen molar-refractivity contribution in [3.8, 4) is 6.07 Å². The number of hydrazine groups is 1. The number of aromatic nitrogens is 2. The Bertz CT molecular complexity index is 589. The van der Waals surface area contributed by atoms with Crippen LogP contribution in [0.2, 0.25) is 0 Å². The fraction of sp³-hybridized carbons (Fsp3) is 0.385. The molecule has 18 heavy (non-hydrogen) atoms. The van der Waals surface area contributed by atoms with E-state index in [4.69, 9.17) is 0 Å². The summed E-state index contributed by atoms with van der Waals surface area (Å²) in [5, 5.41) is 12.3. The number of H-pyrrole nitrogens is 1. The van der Waals surface area contributed by atoms with Gasteiger partial charge in [-0.1, -0.05) is 6.42 Å². The van der Waals surface area contributed by atoms with E-state index in [1.807, 2.05) is 12.3 Å². The van der Waals surface area contributed by atoms with E-state index >= 15 is 0 Å². The van der Waals surface area contributed by atoms with Gasteiger partial charge >= 0.3 is 0 Å². The van der Waals surface area contributed by atoms with Crippen molar-refractivity contribution in [2.45, 2.75) is 19.3 Å². The van der Waals surface area contributed by atoms with Gasteiger partial charge in [0.1, 0.15) is 11.7 Å². The van der Waals surface area contributed by atoms with Gasteiger partial charge in [-0.2, -0.15) is 5.26 Å². The average Bonchev–Trinajstić information content (AvgIpc) is 2.89. The van der Waals surface area contributed by atoms with Crippen molar-refractivity contribution in [1.82, 2.24) is 15.0 Å². The highest BCUT2D eigenvalue weighted by molar-refractivity contribution is 5.92. The highest BCUT2D eigenvalue weighted by atomic mass is 15.5. The number of anilines is 1. The minimum Gasteiger partial charge on any atom is -0.346 e. The molecule has 0 saturated carbocycles. The third-order valence-corrected chi connectivity index (χ3v) is 3.33. The van der Waals surface area contributed by atoms with Crippen molar-refractivity contribution in [3.05, 3.63) is 24.0 Å². The monoisotopic (exact) mass is 241 g/mol. The number of fused-ring (bicyclic) bond motifs is 1. The molecule has 1 saturated heterocycles. The van der Waals surface area contributed by atoms with Crippen LogP contribution < -0.4 is 5.43 Å². The highest BCUT2D eigenvalue weighted by Crippen LogP contribution is 2.26. The molecule has 1 aliphatic heterocycles. The van der Waals surface area contributed by atoms with E-state index in [1.54, 1.807) is 6.20 Å². The second-order valence-corrected chi connectivity index (χ2v) is 4.56. The topological polar surface area (TPSA) is 67.7 Å². The lowest BCUT2D eigenvalue weighted by Crippen LogP contribution is -2.35. The molecule has 0 amide bonds. The van der Waals surface area contributed by atoms with Crippen molar-refractivity contribution >= 4 is 16.7 Å². The molecule has 2 aromatic heterocycles. The lowest BCUT2D eigenvalue weighted by molar-refractivity contribution is 0.273. The van der Waals surface area contributed by atoms with Gasteiger partial charge in [0.25, 0.3) is 0 Å². The minimum absolute atomic E-state index is 0.590. The zero-order valence-electron chi connectivity index (χ0n) is 10.1. The number of piperidine rings is 1. The summed E-state index contributed by atoms with van der Waals surface area (Å²) < 4.78 is 0. The van der Waals surface area contributed by atoms with Gasteiger partial charge in [0, 0.05) is 30.9 Å². The Balaban J connectivity index is 1.97. The molecule has 2 aromatic rings. The number of nitrogens with one attached hydrogen (secondary N) is 2. The van der Waals surface area contributed by atoms with Gasteiger partial charge in [0.15, 0.2) is 0 Å². The van der Waals surface area contributed by atoms with Gasteiger partial charge in [-0.3, -0.25) is 0 Å². The van der Waals surface area contributed by atoms with Crippen LogP contribution in [0.3, 0.4) is 0 Å². The summed E-state index contributed by atoms with van der Waals surface area (Å²) in [5.74, 6) is 0. The number of rotatable bonds is 2. The normalized spacial score (nSPS) is 16.6. The van der Waals surface area contributed by atoms with E-state index in [0.29, 0.717) is 5.56 Å². The summed E-state index contributed by atoms with van der Waals surface area (Å²) >= 11 is 0. The third-order valence-electron chi connectivity index (χ3n) is 3.33. The Morgan fingerprint density at radius 3 is 2.94 bits per heavy atom. The van der Waals surface area contributed by atoms with Crippen LogP contribution in [0.25, 0.3) is 11.0 Å². The van der Waals surface area contributed by atoms with Gasteiger partial charge in [-0.15, -0.1) is 0 Å². The van der Waals surface area contributed by atoms with Crippen LogP contribution in [-0.2, 0) is 0 Å². The van der Waals surface area contributed by atoms with Crippen LogP contribution in [0.4, 0.5) is 5.69 Å². The molecule has 0 unspecified atom stereocenters. The first-order valence-corrected chi connectivity index (χ1v) is 6.26. The smallest absolute Gasteiger partial charge is 0.139 e. The minimum atomic E-state index is 0.590. The molecule has 5 heteroatoms. The Morgan fingerprint density at radius 1 is 1.33 bits per heavy atom. The number of hydrogen-bond acceptors (Lipinski definition) is 4. The number of nitriles is 1. The average molecular weight is 241 g/mol. The summed E-state index contributed by atoms with van der Waals surface area (Å²) in [7, 11) is 0. The first kappa shape index (κ1) is 11.1. The maximum Gasteiger partial charge on any atom is 0.139 e. The Morgan fingerprint density at radius 2 is 2.17 bits per heavy atom.